The van der Waals surface area contributed by atoms with Gasteiger partial charge in [0, 0.05) is 45.2 Å². The molecule has 1 atom stereocenters. The van der Waals surface area contributed by atoms with Crippen molar-refractivity contribution >= 4 is 5.91 Å². The number of ether oxygens (including phenoxy) is 1. The topological polar surface area (TPSA) is 36.0 Å². The largest absolute Gasteiger partial charge is 0.496 e. The lowest BCUT2D eigenvalue weighted by atomic mass is 9.90. The molecule has 0 aromatic heterocycles. The van der Waals surface area contributed by atoms with E-state index >= 15 is 0 Å². The van der Waals surface area contributed by atoms with Crippen LogP contribution in [0.15, 0.2) is 48.5 Å². The Bertz CT molecular complexity index is 960. The molecule has 0 bridgehead atoms. The molecule has 176 valence electrons. The zero-order valence-corrected chi connectivity index (χ0v) is 20.1. The molecule has 0 N–H and O–H groups in total. The first-order valence-corrected chi connectivity index (χ1v) is 12.5. The summed E-state index contributed by atoms with van der Waals surface area (Å²) in [7, 11) is 1.73. The van der Waals surface area contributed by atoms with Crippen molar-refractivity contribution < 1.29 is 9.53 Å². The molecule has 1 saturated carbocycles. The van der Waals surface area contributed by atoms with Crippen LogP contribution in [0.3, 0.4) is 0 Å². The number of carbonyl (C=O) groups is 1. The highest BCUT2D eigenvalue weighted by molar-refractivity contribution is 5.83. The number of hydrogen-bond donors (Lipinski definition) is 0. The number of piperazine rings is 1. The van der Waals surface area contributed by atoms with Crippen LogP contribution in [0.25, 0.3) is 0 Å². The van der Waals surface area contributed by atoms with Gasteiger partial charge in [0.2, 0.25) is 5.91 Å². The number of nitrogens with zero attached hydrogens (tertiary/aromatic N) is 3. The minimum atomic E-state index is 0.267. The summed E-state index contributed by atoms with van der Waals surface area (Å²) in [5.41, 5.74) is 4.18. The molecule has 2 heterocycles. The van der Waals surface area contributed by atoms with Crippen LogP contribution in [0.4, 0.5) is 0 Å². The third kappa shape index (κ3) is 4.95. The molecule has 2 aromatic carbocycles. The monoisotopic (exact) mass is 447 g/mol. The quantitative estimate of drug-likeness (QED) is 0.672. The van der Waals surface area contributed by atoms with Crippen LogP contribution < -0.4 is 4.74 Å². The summed E-state index contributed by atoms with van der Waals surface area (Å²) in [6, 6.07) is 17.1. The van der Waals surface area contributed by atoms with Crippen molar-refractivity contribution in [3.8, 4) is 5.75 Å². The first kappa shape index (κ1) is 22.4. The van der Waals surface area contributed by atoms with E-state index in [0.29, 0.717) is 5.91 Å². The van der Waals surface area contributed by atoms with Crippen molar-refractivity contribution in [2.75, 3.05) is 46.4 Å². The number of piperidine rings is 1. The summed E-state index contributed by atoms with van der Waals surface area (Å²) < 4.78 is 5.39. The second-order valence-corrected chi connectivity index (χ2v) is 10.3. The fourth-order valence-corrected chi connectivity index (χ4v) is 5.89. The highest BCUT2D eigenvalue weighted by Crippen LogP contribution is 2.60. The predicted molar refractivity (Wildman–Crippen MR) is 131 cm³/mol. The van der Waals surface area contributed by atoms with Crippen LogP contribution >= 0.6 is 0 Å². The number of benzene rings is 2. The standard InChI is InChI=1S/C28H37N3O2/c1-22-18-24(8-9-26(22)33-2)21-29-12-10-28(11-13-29)19-25(28)27(32)31-16-14-30(15-17-31)20-23-6-4-3-5-7-23/h3-9,18,25H,10-17,19-21H2,1-2H3/t25-/m0/s1. The SMILES string of the molecule is COc1ccc(CN2CCC3(CC2)C[C@H]3C(=O)N2CCN(Cc3ccccc3)CC2)cc1C. The maximum absolute atomic E-state index is 13.3. The molecule has 2 aliphatic heterocycles. The molecule has 3 fully saturated rings. The Labute approximate surface area is 198 Å². The molecular formula is C28H37N3O2. The summed E-state index contributed by atoms with van der Waals surface area (Å²) in [5.74, 6) is 1.65. The van der Waals surface area contributed by atoms with Crippen LogP contribution in [-0.2, 0) is 17.9 Å². The van der Waals surface area contributed by atoms with Gasteiger partial charge >= 0.3 is 0 Å². The lowest BCUT2D eigenvalue weighted by Crippen LogP contribution is -2.49. The number of amides is 1. The average molecular weight is 448 g/mol. The maximum atomic E-state index is 13.3. The predicted octanol–water partition coefficient (Wildman–Crippen LogP) is 3.95. The summed E-state index contributed by atoms with van der Waals surface area (Å²) in [5, 5.41) is 0. The molecule has 5 rings (SSSR count). The van der Waals surface area contributed by atoms with E-state index in [1.165, 1.54) is 16.7 Å². The van der Waals surface area contributed by atoms with Gasteiger partial charge in [-0.25, -0.2) is 0 Å². The number of methoxy groups -OCH3 is 1. The van der Waals surface area contributed by atoms with Crippen molar-refractivity contribution in [1.82, 2.24) is 14.7 Å². The van der Waals surface area contributed by atoms with Gasteiger partial charge in [-0.1, -0.05) is 42.5 Å². The molecule has 3 aliphatic rings. The average Bonchev–Trinajstić information content (AvgIpc) is 3.55. The summed E-state index contributed by atoms with van der Waals surface area (Å²) in [6.07, 6.45) is 3.42. The van der Waals surface area contributed by atoms with Crippen LogP contribution in [-0.4, -0.2) is 67.0 Å². The molecule has 5 nitrogen and oxygen atoms in total. The zero-order chi connectivity index (χ0) is 22.8. The first-order valence-electron chi connectivity index (χ1n) is 12.5. The maximum Gasteiger partial charge on any atom is 0.226 e. The van der Waals surface area contributed by atoms with Crippen LogP contribution in [0.5, 0.6) is 5.75 Å². The zero-order valence-electron chi connectivity index (χ0n) is 20.1. The minimum Gasteiger partial charge on any atom is -0.496 e. The minimum absolute atomic E-state index is 0.267. The lowest BCUT2D eigenvalue weighted by Gasteiger charge is -2.36. The van der Waals surface area contributed by atoms with Crippen molar-refractivity contribution in [3.05, 3.63) is 65.2 Å². The number of carbonyl (C=O) groups excluding carboxylic acids is 1. The molecule has 0 unspecified atom stereocenters. The van der Waals surface area contributed by atoms with E-state index in [4.69, 9.17) is 4.74 Å². The van der Waals surface area contributed by atoms with Gasteiger partial charge in [0.25, 0.3) is 0 Å². The van der Waals surface area contributed by atoms with Crippen molar-refractivity contribution in [2.24, 2.45) is 11.3 Å². The fraction of sp³-hybridized carbons (Fsp3) is 0.536. The van der Waals surface area contributed by atoms with Crippen LogP contribution in [0.2, 0.25) is 0 Å². The van der Waals surface area contributed by atoms with E-state index < -0.39 is 0 Å². The van der Waals surface area contributed by atoms with Crippen molar-refractivity contribution in [2.45, 2.75) is 39.3 Å². The summed E-state index contributed by atoms with van der Waals surface area (Å²) in [6.45, 7) is 9.99. The highest BCUT2D eigenvalue weighted by atomic mass is 16.5. The second kappa shape index (κ2) is 9.47. The van der Waals surface area contributed by atoms with Crippen LogP contribution in [0.1, 0.15) is 36.0 Å². The molecule has 2 aromatic rings. The smallest absolute Gasteiger partial charge is 0.226 e. The lowest BCUT2D eigenvalue weighted by molar-refractivity contribution is -0.135. The number of rotatable bonds is 6. The van der Waals surface area contributed by atoms with Gasteiger partial charge in [-0.2, -0.15) is 0 Å². The molecule has 0 radical (unpaired) electrons. The summed E-state index contributed by atoms with van der Waals surface area (Å²) >= 11 is 0. The van der Waals surface area contributed by atoms with Gasteiger partial charge < -0.3 is 9.64 Å². The van der Waals surface area contributed by atoms with E-state index in [1.807, 2.05) is 0 Å². The molecule has 5 heteroatoms. The van der Waals surface area contributed by atoms with Gasteiger partial charge in [0.05, 0.1) is 7.11 Å². The fourth-order valence-electron chi connectivity index (χ4n) is 5.89. The third-order valence-corrected chi connectivity index (χ3v) is 8.14. The highest BCUT2D eigenvalue weighted by Gasteiger charge is 2.59. The molecule has 33 heavy (non-hydrogen) atoms. The Morgan fingerprint density at radius 1 is 0.909 bits per heavy atom. The van der Waals surface area contributed by atoms with Gasteiger partial charge in [-0.05, 0) is 67.4 Å². The normalized spacial score (nSPS) is 23.0. The third-order valence-electron chi connectivity index (χ3n) is 8.14. The van der Waals surface area contributed by atoms with Gasteiger partial charge in [0.1, 0.15) is 5.75 Å². The molecular weight excluding hydrogens is 410 g/mol. The number of hydrogen-bond acceptors (Lipinski definition) is 4. The Morgan fingerprint density at radius 3 is 2.24 bits per heavy atom. The van der Waals surface area contributed by atoms with Crippen molar-refractivity contribution in [3.63, 3.8) is 0 Å². The number of likely N-dealkylation sites (tertiary alicyclic amines) is 1. The van der Waals surface area contributed by atoms with Crippen LogP contribution in [0, 0.1) is 18.3 Å². The first-order chi connectivity index (χ1) is 16.1. The second-order valence-electron chi connectivity index (χ2n) is 10.3. The Balaban J connectivity index is 1.08. The van der Waals surface area contributed by atoms with E-state index in [2.05, 4.69) is 70.2 Å². The Kier molecular flexibility index (Phi) is 6.44. The van der Waals surface area contributed by atoms with Gasteiger partial charge in [-0.3, -0.25) is 14.6 Å². The van der Waals surface area contributed by atoms with E-state index in [1.54, 1.807) is 7.11 Å². The Morgan fingerprint density at radius 2 is 1.58 bits per heavy atom. The Hall–Kier alpha value is -2.37. The molecule has 2 saturated heterocycles. The van der Waals surface area contributed by atoms with E-state index in [-0.39, 0.29) is 11.3 Å². The molecule has 1 spiro atoms. The van der Waals surface area contributed by atoms with E-state index in [0.717, 1.165) is 77.4 Å². The van der Waals surface area contributed by atoms with Crippen molar-refractivity contribution in [1.29, 1.82) is 0 Å². The molecule has 1 aliphatic carbocycles. The number of aryl methyl sites for hydroxylation is 1. The van der Waals surface area contributed by atoms with E-state index in [9.17, 15) is 4.79 Å². The summed E-state index contributed by atoms with van der Waals surface area (Å²) in [4.78, 5) is 20.4. The molecule has 1 amide bonds. The van der Waals surface area contributed by atoms with Gasteiger partial charge in [0.15, 0.2) is 0 Å². The van der Waals surface area contributed by atoms with Gasteiger partial charge in [-0.15, -0.1) is 0 Å².